The number of nitrogens with one attached hydrogen (secondary N) is 2. The quantitative estimate of drug-likeness (QED) is 0.742. The molecule has 0 amide bonds. The molecule has 116 valence electrons. The van der Waals surface area contributed by atoms with Gasteiger partial charge >= 0.3 is 0 Å². The van der Waals surface area contributed by atoms with E-state index in [1.165, 1.54) is 6.42 Å². The smallest absolute Gasteiger partial charge is 0.224 e. The van der Waals surface area contributed by atoms with E-state index in [0.717, 1.165) is 31.4 Å². The number of rotatable bonds is 5. The maximum atomic E-state index is 9.30. The van der Waals surface area contributed by atoms with Crippen molar-refractivity contribution in [3.8, 4) is 0 Å². The van der Waals surface area contributed by atoms with Gasteiger partial charge in [0.15, 0.2) is 0 Å². The second kappa shape index (κ2) is 5.77. The van der Waals surface area contributed by atoms with Crippen LogP contribution in [-0.4, -0.2) is 53.9 Å². The molecule has 2 atom stereocenters. The Hall–Kier alpha value is -1.40. The third-order valence-corrected chi connectivity index (χ3v) is 4.48. The lowest BCUT2D eigenvalue weighted by molar-refractivity contribution is 0.170. The van der Waals surface area contributed by atoms with Crippen molar-refractivity contribution in [1.29, 1.82) is 0 Å². The van der Waals surface area contributed by atoms with Gasteiger partial charge in [0.1, 0.15) is 5.82 Å². The van der Waals surface area contributed by atoms with Crippen molar-refractivity contribution in [2.24, 2.45) is 11.3 Å². The van der Waals surface area contributed by atoms with Gasteiger partial charge in [0.2, 0.25) is 5.95 Å². The highest BCUT2D eigenvalue weighted by atomic mass is 16.3. The van der Waals surface area contributed by atoms with Crippen molar-refractivity contribution in [2.45, 2.75) is 26.3 Å². The molecule has 3 N–H and O–H groups in total. The van der Waals surface area contributed by atoms with Crippen LogP contribution >= 0.6 is 0 Å². The van der Waals surface area contributed by atoms with Crippen LogP contribution in [0.4, 0.5) is 11.8 Å². The van der Waals surface area contributed by atoms with Gasteiger partial charge in [-0.2, -0.15) is 4.98 Å². The van der Waals surface area contributed by atoms with E-state index in [2.05, 4.69) is 25.5 Å². The number of fused-ring (bicyclic) bond motifs is 1. The molecule has 0 saturated carbocycles. The van der Waals surface area contributed by atoms with Gasteiger partial charge in [-0.1, -0.05) is 13.8 Å². The first kappa shape index (κ1) is 14.5. The number of nitrogens with zero attached hydrogens (tertiary/aromatic N) is 3. The first-order valence-electron chi connectivity index (χ1n) is 7.73. The lowest BCUT2D eigenvalue weighted by Gasteiger charge is -2.23. The van der Waals surface area contributed by atoms with Crippen LogP contribution < -0.4 is 15.5 Å². The van der Waals surface area contributed by atoms with Gasteiger partial charge in [-0.15, -0.1) is 0 Å². The van der Waals surface area contributed by atoms with Crippen LogP contribution in [0.3, 0.4) is 0 Å². The summed E-state index contributed by atoms with van der Waals surface area (Å²) >= 11 is 0. The number of aromatic nitrogens is 2. The van der Waals surface area contributed by atoms with Crippen LogP contribution in [0.2, 0.25) is 0 Å². The van der Waals surface area contributed by atoms with Crippen LogP contribution in [0.5, 0.6) is 0 Å². The Morgan fingerprint density at radius 2 is 2.33 bits per heavy atom. The van der Waals surface area contributed by atoms with Gasteiger partial charge in [0, 0.05) is 43.9 Å². The molecule has 6 nitrogen and oxygen atoms in total. The maximum Gasteiger partial charge on any atom is 0.224 e. The fourth-order valence-electron chi connectivity index (χ4n) is 3.02. The number of hydrogen-bond donors (Lipinski definition) is 3. The fourth-order valence-corrected chi connectivity index (χ4v) is 3.02. The van der Waals surface area contributed by atoms with Gasteiger partial charge in [-0.3, -0.25) is 0 Å². The summed E-state index contributed by atoms with van der Waals surface area (Å²) in [6, 6.07) is 2.59. The predicted octanol–water partition coefficient (Wildman–Crippen LogP) is 0.705. The van der Waals surface area contributed by atoms with Crippen molar-refractivity contribution in [3.05, 3.63) is 12.3 Å². The SMILES string of the molecule is CC(C)(CO)CNc1nccc(N2C[C@@H]3CCN[C@H]3C2)n1. The van der Waals surface area contributed by atoms with E-state index in [9.17, 15) is 5.11 Å². The molecule has 0 radical (unpaired) electrons. The Morgan fingerprint density at radius 1 is 1.48 bits per heavy atom. The lowest BCUT2D eigenvalue weighted by atomic mass is 9.95. The van der Waals surface area contributed by atoms with Crippen molar-refractivity contribution in [1.82, 2.24) is 15.3 Å². The topological polar surface area (TPSA) is 73.3 Å². The van der Waals surface area contributed by atoms with Gasteiger partial charge in [0.25, 0.3) is 0 Å². The molecule has 21 heavy (non-hydrogen) atoms. The number of aliphatic hydroxyl groups is 1. The number of anilines is 2. The first-order valence-corrected chi connectivity index (χ1v) is 7.73. The van der Waals surface area contributed by atoms with Crippen LogP contribution in [-0.2, 0) is 0 Å². The van der Waals surface area contributed by atoms with Crippen molar-refractivity contribution in [3.63, 3.8) is 0 Å². The Bertz CT molecular complexity index is 481. The summed E-state index contributed by atoms with van der Waals surface area (Å²) in [6.45, 7) is 8.07. The molecule has 1 aromatic rings. The fraction of sp³-hybridized carbons (Fsp3) is 0.733. The van der Waals surface area contributed by atoms with E-state index in [0.29, 0.717) is 18.5 Å². The molecule has 2 saturated heterocycles. The Morgan fingerprint density at radius 3 is 3.10 bits per heavy atom. The summed E-state index contributed by atoms with van der Waals surface area (Å²) in [5.74, 6) is 2.38. The molecule has 0 aliphatic carbocycles. The Balaban J connectivity index is 1.64. The number of aliphatic hydroxyl groups excluding tert-OH is 1. The average molecular weight is 291 g/mol. The molecule has 0 bridgehead atoms. The Labute approximate surface area is 126 Å². The maximum absolute atomic E-state index is 9.30. The zero-order valence-electron chi connectivity index (χ0n) is 12.8. The van der Waals surface area contributed by atoms with Gasteiger partial charge in [-0.25, -0.2) is 4.98 Å². The second-order valence-corrected chi connectivity index (χ2v) is 6.93. The summed E-state index contributed by atoms with van der Waals surface area (Å²) < 4.78 is 0. The molecule has 2 fully saturated rings. The van der Waals surface area contributed by atoms with Crippen molar-refractivity contribution >= 4 is 11.8 Å². The van der Waals surface area contributed by atoms with Gasteiger partial charge in [-0.05, 0) is 24.9 Å². The highest BCUT2D eigenvalue weighted by Gasteiger charge is 2.36. The molecule has 6 heteroatoms. The second-order valence-electron chi connectivity index (χ2n) is 6.93. The predicted molar refractivity (Wildman–Crippen MR) is 83.5 cm³/mol. The van der Waals surface area contributed by atoms with E-state index in [1.54, 1.807) is 6.20 Å². The molecule has 2 aliphatic heterocycles. The molecule has 0 spiro atoms. The van der Waals surface area contributed by atoms with Crippen LogP contribution in [0.1, 0.15) is 20.3 Å². The molecule has 3 rings (SSSR count). The first-order chi connectivity index (χ1) is 10.1. The Kier molecular flexibility index (Phi) is 3.99. The van der Waals surface area contributed by atoms with Crippen LogP contribution in [0.15, 0.2) is 12.3 Å². The van der Waals surface area contributed by atoms with E-state index >= 15 is 0 Å². The van der Waals surface area contributed by atoms with Gasteiger partial charge in [0.05, 0.1) is 0 Å². The van der Waals surface area contributed by atoms with Crippen molar-refractivity contribution in [2.75, 3.05) is 43.0 Å². The summed E-state index contributed by atoms with van der Waals surface area (Å²) in [6.07, 6.45) is 3.07. The molecule has 2 aliphatic rings. The van der Waals surface area contributed by atoms with Crippen LogP contribution in [0, 0.1) is 11.3 Å². The number of hydrogen-bond acceptors (Lipinski definition) is 6. The molecule has 0 aromatic carbocycles. The molecular formula is C15H25N5O. The molecule has 0 unspecified atom stereocenters. The monoisotopic (exact) mass is 291 g/mol. The molecule has 3 heterocycles. The van der Waals surface area contributed by atoms with E-state index in [1.807, 2.05) is 19.9 Å². The highest BCUT2D eigenvalue weighted by Crippen LogP contribution is 2.28. The summed E-state index contributed by atoms with van der Waals surface area (Å²) in [5, 5.41) is 16.1. The van der Waals surface area contributed by atoms with Crippen molar-refractivity contribution < 1.29 is 5.11 Å². The third kappa shape index (κ3) is 3.27. The summed E-state index contributed by atoms with van der Waals surface area (Å²) in [7, 11) is 0. The van der Waals surface area contributed by atoms with Crippen LogP contribution in [0.25, 0.3) is 0 Å². The summed E-state index contributed by atoms with van der Waals surface area (Å²) in [5.41, 5.74) is -0.173. The zero-order chi connectivity index (χ0) is 14.9. The third-order valence-electron chi connectivity index (χ3n) is 4.48. The standard InChI is InChI=1S/C15H25N5O/c1-15(2,10-21)9-18-14-17-6-4-13(19-14)20-7-11-3-5-16-12(11)8-20/h4,6,11-12,16,21H,3,5,7-10H2,1-2H3,(H,17,18,19)/t11-,12-/m0/s1. The largest absolute Gasteiger partial charge is 0.396 e. The van der Waals surface area contributed by atoms with E-state index < -0.39 is 0 Å². The highest BCUT2D eigenvalue weighted by molar-refractivity contribution is 5.44. The van der Waals surface area contributed by atoms with Gasteiger partial charge < -0.3 is 20.6 Å². The lowest BCUT2D eigenvalue weighted by Crippen LogP contribution is -2.31. The molecular weight excluding hydrogens is 266 g/mol. The van der Waals surface area contributed by atoms with E-state index in [-0.39, 0.29) is 12.0 Å². The van der Waals surface area contributed by atoms with E-state index in [4.69, 9.17) is 0 Å². The zero-order valence-corrected chi connectivity index (χ0v) is 12.8. The average Bonchev–Trinajstić information content (AvgIpc) is 3.07. The molecule has 1 aromatic heterocycles. The minimum absolute atomic E-state index is 0.140. The summed E-state index contributed by atoms with van der Waals surface area (Å²) in [4.78, 5) is 11.2. The minimum Gasteiger partial charge on any atom is -0.396 e. The minimum atomic E-state index is -0.173. The normalized spacial score (nSPS) is 25.2.